The van der Waals surface area contributed by atoms with Crippen LogP contribution in [0, 0.1) is 0 Å². The lowest BCUT2D eigenvalue weighted by atomic mass is 10.0. The molecule has 2 nitrogen and oxygen atoms in total. The van der Waals surface area contributed by atoms with E-state index >= 15 is 0 Å². The van der Waals surface area contributed by atoms with Gasteiger partial charge in [0, 0.05) is 25.1 Å². The van der Waals surface area contributed by atoms with Crippen molar-refractivity contribution in [1.29, 1.82) is 0 Å². The van der Waals surface area contributed by atoms with Gasteiger partial charge in [0.1, 0.15) is 5.82 Å². The SMILES string of the molecule is c1ccc([Si](c2ccccc2)(c2cccc(-c3ccc4c(c3)nc3n4-c4ccccc4SC3)c2)c2cccc(-c3cccc4c3sc3ccccc34)c2)cc1. The zero-order valence-electron chi connectivity index (χ0n) is 29.9. The number of hydrogen-bond donors (Lipinski definition) is 0. The normalized spacial score (nSPS) is 12.6. The number of imidazole rings is 1. The van der Waals surface area contributed by atoms with Crippen molar-refractivity contribution in [3.05, 3.63) is 200 Å². The largest absolute Gasteiger partial charge is 0.294 e. The van der Waals surface area contributed by atoms with Crippen LogP contribution in [0.2, 0.25) is 0 Å². The minimum Gasteiger partial charge on any atom is -0.294 e. The maximum absolute atomic E-state index is 5.18. The van der Waals surface area contributed by atoms with Gasteiger partial charge in [0.05, 0.1) is 22.5 Å². The molecule has 0 spiro atoms. The molecular weight excluding hydrogens is 721 g/mol. The van der Waals surface area contributed by atoms with Gasteiger partial charge >= 0.3 is 0 Å². The Balaban J connectivity index is 1.11. The summed E-state index contributed by atoms with van der Waals surface area (Å²) in [6.45, 7) is 0. The first-order chi connectivity index (χ1) is 27.3. The molecule has 55 heavy (non-hydrogen) atoms. The third kappa shape index (κ3) is 5.19. The Hall–Kier alpha value is -5.98. The Bertz CT molecular complexity index is 3020. The predicted octanol–water partition coefficient (Wildman–Crippen LogP) is 10.7. The first-order valence-electron chi connectivity index (χ1n) is 18.7. The van der Waals surface area contributed by atoms with E-state index in [-0.39, 0.29) is 0 Å². The van der Waals surface area contributed by atoms with Crippen molar-refractivity contribution in [1.82, 2.24) is 9.55 Å². The standard InChI is InChI=1S/C50H34N2S2Si/c1-3-16-37(17-4-1)55(38-18-5-2-6-19-38,40-21-12-15-36(31-40)41-23-13-24-43-42-22-7-9-26-47(42)54-50(41)43)39-20-11-14-34(30-39)35-28-29-45-44(32-35)51-49-33-53-48-27-10-8-25-46(48)52(45)49/h1-32H,33H2. The Morgan fingerprint density at radius 1 is 0.491 bits per heavy atom. The van der Waals surface area contributed by atoms with E-state index in [4.69, 9.17) is 4.98 Å². The van der Waals surface area contributed by atoms with E-state index in [9.17, 15) is 0 Å². The van der Waals surface area contributed by atoms with E-state index in [0.717, 1.165) is 22.6 Å². The number of fused-ring (bicyclic) bond motifs is 8. The molecule has 0 aliphatic carbocycles. The Kier molecular flexibility index (Phi) is 7.73. The van der Waals surface area contributed by atoms with Crippen LogP contribution >= 0.6 is 23.1 Å². The van der Waals surface area contributed by atoms with Crippen LogP contribution in [-0.2, 0) is 5.75 Å². The lowest BCUT2D eigenvalue weighted by molar-refractivity contribution is 0.945. The first-order valence-corrected chi connectivity index (χ1v) is 22.5. The topological polar surface area (TPSA) is 17.8 Å². The second-order valence-electron chi connectivity index (χ2n) is 14.2. The summed E-state index contributed by atoms with van der Waals surface area (Å²) in [4.78, 5) is 6.48. The van der Waals surface area contributed by atoms with Gasteiger partial charge in [-0.2, -0.15) is 0 Å². The zero-order chi connectivity index (χ0) is 36.3. The molecule has 0 bridgehead atoms. The van der Waals surface area contributed by atoms with Crippen molar-refractivity contribution in [2.24, 2.45) is 0 Å². The first kappa shape index (κ1) is 32.4. The van der Waals surface area contributed by atoms with Crippen LogP contribution < -0.4 is 20.7 Å². The number of thioether (sulfide) groups is 1. The minimum absolute atomic E-state index is 0.870. The molecule has 0 fully saturated rings. The third-order valence-electron chi connectivity index (χ3n) is 11.2. The molecular formula is C50H34N2S2Si. The fraction of sp³-hybridized carbons (Fsp3) is 0.0200. The molecule has 0 atom stereocenters. The maximum atomic E-state index is 5.18. The summed E-state index contributed by atoms with van der Waals surface area (Å²) in [6, 6.07) is 72.4. The highest BCUT2D eigenvalue weighted by Crippen LogP contribution is 2.40. The predicted molar refractivity (Wildman–Crippen MR) is 238 cm³/mol. The molecule has 5 heteroatoms. The highest BCUT2D eigenvalue weighted by molar-refractivity contribution is 7.98. The summed E-state index contributed by atoms with van der Waals surface area (Å²) in [5.41, 5.74) is 8.34. The van der Waals surface area contributed by atoms with Crippen molar-refractivity contribution < 1.29 is 0 Å². The molecule has 1 aliphatic heterocycles. The van der Waals surface area contributed by atoms with Crippen molar-refractivity contribution in [3.8, 4) is 27.9 Å². The summed E-state index contributed by atoms with van der Waals surface area (Å²) in [5, 5.41) is 8.10. The number of benzene rings is 8. The molecule has 0 amide bonds. The second-order valence-corrected chi connectivity index (χ2v) is 20.1. The molecule has 0 saturated carbocycles. The van der Waals surface area contributed by atoms with Gasteiger partial charge in [-0.3, -0.25) is 4.57 Å². The van der Waals surface area contributed by atoms with Gasteiger partial charge in [0.2, 0.25) is 0 Å². The quantitative estimate of drug-likeness (QED) is 0.124. The number of rotatable bonds is 6. The van der Waals surface area contributed by atoms with E-state index in [1.54, 1.807) is 0 Å². The lowest BCUT2D eigenvalue weighted by Gasteiger charge is -2.35. The minimum atomic E-state index is -2.85. The summed E-state index contributed by atoms with van der Waals surface area (Å²) < 4.78 is 5.01. The molecule has 260 valence electrons. The number of hydrogen-bond acceptors (Lipinski definition) is 3. The molecule has 3 heterocycles. The van der Waals surface area contributed by atoms with Gasteiger partial charge in [0.15, 0.2) is 8.07 Å². The van der Waals surface area contributed by atoms with Gasteiger partial charge in [0.25, 0.3) is 0 Å². The molecule has 2 aromatic heterocycles. The van der Waals surface area contributed by atoms with Crippen molar-refractivity contribution in [2.45, 2.75) is 10.6 Å². The van der Waals surface area contributed by atoms with E-state index in [0.29, 0.717) is 0 Å². The average molecular weight is 755 g/mol. The maximum Gasteiger partial charge on any atom is 0.179 e. The van der Waals surface area contributed by atoms with Crippen molar-refractivity contribution in [2.75, 3.05) is 0 Å². The van der Waals surface area contributed by atoms with Crippen LogP contribution in [0.5, 0.6) is 0 Å². The molecule has 0 saturated heterocycles. The van der Waals surface area contributed by atoms with Crippen LogP contribution in [0.25, 0.3) is 59.1 Å². The molecule has 8 aromatic carbocycles. The van der Waals surface area contributed by atoms with E-state index < -0.39 is 8.07 Å². The Morgan fingerprint density at radius 3 is 1.91 bits per heavy atom. The summed E-state index contributed by atoms with van der Waals surface area (Å²) in [6.07, 6.45) is 0. The van der Waals surface area contributed by atoms with Crippen LogP contribution in [0.15, 0.2) is 199 Å². The Morgan fingerprint density at radius 2 is 1.11 bits per heavy atom. The fourth-order valence-electron chi connectivity index (χ4n) is 8.78. The third-order valence-corrected chi connectivity index (χ3v) is 18.3. The van der Waals surface area contributed by atoms with E-state index in [1.165, 1.54) is 73.8 Å². The zero-order valence-corrected chi connectivity index (χ0v) is 32.5. The van der Waals surface area contributed by atoms with Gasteiger partial charge < -0.3 is 0 Å². The fourth-order valence-corrected chi connectivity index (χ4v) is 15.8. The molecule has 0 N–H and O–H groups in total. The van der Waals surface area contributed by atoms with E-state index in [1.807, 2.05) is 23.1 Å². The summed E-state index contributed by atoms with van der Waals surface area (Å²) in [5.74, 6) is 1.98. The molecule has 10 aromatic rings. The molecule has 11 rings (SSSR count). The highest BCUT2D eigenvalue weighted by Gasteiger charge is 2.41. The van der Waals surface area contributed by atoms with Gasteiger partial charge in [-0.1, -0.05) is 164 Å². The Labute approximate surface area is 329 Å². The monoisotopic (exact) mass is 754 g/mol. The van der Waals surface area contributed by atoms with Gasteiger partial charge in [-0.15, -0.1) is 23.1 Å². The van der Waals surface area contributed by atoms with Gasteiger partial charge in [-0.05, 0) is 73.3 Å². The number of para-hydroxylation sites is 1. The van der Waals surface area contributed by atoms with Gasteiger partial charge in [-0.25, -0.2) is 4.98 Å². The van der Waals surface area contributed by atoms with Crippen molar-refractivity contribution >= 4 is 83.1 Å². The van der Waals surface area contributed by atoms with E-state index in [2.05, 4.69) is 199 Å². The van der Waals surface area contributed by atoms with Crippen molar-refractivity contribution in [3.63, 3.8) is 0 Å². The average Bonchev–Trinajstić information content (AvgIpc) is 3.84. The molecule has 0 radical (unpaired) electrons. The lowest BCUT2D eigenvalue weighted by Crippen LogP contribution is -2.74. The van der Waals surface area contributed by atoms with Crippen LogP contribution in [0.3, 0.4) is 0 Å². The number of aromatic nitrogens is 2. The highest BCUT2D eigenvalue weighted by atomic mass is 32.2. The number of thiophene rings is 1. The smallest absolute Gasteiger partial charge is 0.179 e. The second kappa shape index (κ2) is 13.1. The van der Waals surface area contributed by atoms with Crippen LogP contribution in [0.4, 0.5) is 0 Å². The molecule has 0 unspecified atom stereocenters. The van der Waals surface area contributed by atoms with Crippen LogP contribution in [-0.4, -0.2) is 17.6 Å². The van der Waals surface area contributed by atoms with Crippen LogP contribution in [0.1, 0.15) is 5.82 Å². The number of nitrogens with zero attached hydrogens (tertiary/aromatic N) is 2. The summed E-state index contributed by atoms with van der Waals surface area (Å²) in [7, 11) is -2.85. The molecule has 1 aliphatic rings. The summed E-state index contributed by atoms with van der Waals surface area (Å²) >= 11 is 3.76.